The van der Waals surface area contributed by atoms with E-state index in [0.29, 0.717) is 16.1 Å². The molecule has 6 heteroatoms. The highest BCUT2D eigenvalue weighted by Gasteiger charge is 2.13. The van der Waals surface area contributed by atoms with Crippen LogP contribution in [-0.4, -0.2) is 22.0 Å². The maximum atomic E-state index is 12.2. The minimum Gasteiger partial charge on any atom is -0.477 e. The number of nitrogens with one attached hydrogen (secondary N) is 1. The largest absolute Gasteiger partial charge is 0.477 e. The van der Waals surface area contributed by atoms with Crippen molar-refractivity contribution < 1.29 is 14.7 Å². The molecule has 3 rings (SSSR count). The zero-order valence-corrected chi connectivity index (χ0v) is 14.9. The third kappa shape index (κ3) is 4.59. The Hall–Kier alpha value is -3.44. The van der Waals surface area contributed by atoms with Crippen LogP contribution < -0.4 is 5.32 Å². The van der Waals surface area contributed by atoms with E-state index in [0.717, 1.165) is 11.1 Å². The molecule has 3 aromatic rings. The fourth-order valence-corrected chi connectivity index (χ4v) is 2.73. The first kappa shape index (κ1) is 18.4. The molecular weight excluding hydrogens is 364 g/mol. The number of carbonyl (C=O) groups excluding carboxylic acids is 1. The average Bonchev–Trinajstić information content (AvgIpc) is 2.68. The number of nitrogens with zero attached hydrogens (tertiary/aromatic N) is 1. The zero-order valence-electron chi connectivity index (χ0n) is 14.1. The van der Waals surface area contributed by atoms with Gasteiger partial charge >= 0.3 is 5.97 Å². The predicted octanol–water partition coefficient (Wildman–Crippen LogP) is 4.26. The number of halogens is 1. The number of benzene rings is 2. The number of aromatic nitrogens is 1. The van der Waals surface area contributed by atoms with E-state index < -0.39 is 11.9 Å². The van der Waals surface area contributed by atoms with Gasteiger partial charge in [0.05, 0.1) is 0 Å². The highest BCUT2D eigenvalue weighted by Crippen LogP contribution is 2.27. The van der Waals surface area contributed by atoms with E-state index in [2.05, 4.69) is 10.3 Å². The molecule has 0 spiro atoms. The molecule has 27 heavy (non-hydrogen) atoms. The molecule has 0 saturated heterocycles. The fraction of sp³-hybridized carbons (Fsp3) is 0. The van der Waals surface area contributed by atoms with Crippen molar-refractivity contribution in [1.82, 2.24) is 10.3 Å². The Morgan fingerprint density at radius 1 is 1.00 bits per heavy atom. The summed E-state index contributed by atoms with van der Waals surface area (Å²) in [4.78, 5) is 27.9. The Morgan fingerprint density at radius 3 is 2.41 bits per heavy atom. The number of hydrogen-bond donors (Lipinski definition) is 2. The van der Waals surface area contributed by atoms with Crippen LogP contribution in [0.1, 0.15) is 15.9 Å². The summed E-state index contributed by atoms with van der Waals surface area (Å²) >= 11 is 6.21. The molecule has 0 aliphatic carbocycles. The molecule has 1 amide bonds. The van der Waals surface area contributed by atoms with Gasteiger partial charge in [0.2, 0.25) is 0 Å². The van der Waals surface area contributed by atoms with Gasteiger partial charge in [0.15, 0.2) is 0 Å². The van der Waals surface area contributed by atoms with Gasteiger partial charge in [0, 0.05) is 34.1 Å². The number of aliphatic carboxylic acids is 1. The van der Waals surface area contributed by atoms with Crippen LogP contribution in [0, 0.1) is 0 Å². The van der Waals surface area contributed by atoms with Gasteiger partial charge in [-0.25, -0.2) is 4.79 Å². The van der Waals surface area contributed by atoms with Crippen molar-refractivity contribution in [2.45, 2.75) is 0 Å². The van der Waals surface area contributed by atoms with Crippen molar-refractivity contribution >= 4 is 29.6 Å². The summed E-state index contributed by atoms with van der Waals surface area (Å²) in [7, 11) is 0. The summed E-state index contributed by atoms with van der Waals surface area (Å²) in [5.74, 6) is -1.75. The Labute approximate surface area is 161 Å². The molecule has 134 valence electrons. The van der Waals surface area contributed by atoms with Gasteiger partial charge in [-0.1, -0.05) is 48.0 Å². The van der Waals surface area contributed by atoms with Crippen molar-refractivity contribution in [1.29, 1.82) is 0 Å². The summed E-state index contributed by atoms with van der Waals surface area (Å²) in [6.07, 6.45) is 4.51. The minimum absolute atomic E-state index is 0.248. The third-order valence-corrected chi connectivity index (χ3v) is 4.10. The minimum atomic E-state index is -1.25. The normalized spacial score (nSPS) is 11.1. The monoisotopic (exact) mass is 378 g/mol. The van der Waals surface area contributed by atoms with Crippen LogP contribution in [0.15, 0.2) is 78.8 Å². The molecule has 0 atom stereocenters. The van der Waals surface area contributed by atoms with Crippen LogP contribution in [0.25, 0.3) is 17.2 Å². The number of hydrogen-bond acceptors (Lipinski definition) is 3. The van der Waals surface area contributed by atoms with Crippen LogP contribution in [0.5, 0.6) is 0 Å². The van der Waals surface area contributed by atoms with E-state index in [4.69, 9.17) is 11.6 Å². The van der Waals surface area contributed by atoms with Crippen molar-refractivity contribution in [2.24, 2.45) is 0 Å². The van der Waals surface area contributed by atoms with E-state index in [9.17, 15) is 14.7 Å². The molecule has 2 N–H and O–H groups in total. The Balaban J connectivity index is 1.91. The number of carboxylic acid groups (broad SMARTS) is 1. The molecular formula is C21H15ClN2O3. The van der Waals surface area contributed by atoms with Crippen LogP contribution in [0.4, 0.5) is 0 Å². The average molecular weight is 379 g/mol. The Kier molecular flexibility index (Phi) is 5.64. The van der Waals surface area contributed by atoms with E-state index >= 15 is 0 Å². The maximum Gasteiger partial charge on any atom is 0.352 e. The quantitative estimate of drug-likeness (QED) is 0.650. The lowest BCUT2D eigenvalue weighted by molar-refractivity contribution is -0.132. The Bertz CT molecular complexity index is 1020. The lowest BCUT2D eigenvalue weighted by Gasteiger charge is -2.08. The smallest absolute Gasteiger partial charge is 0.352 e. The van der Waals surface area contributed by atoms with Gasteiger partial charge in [-0.05, 0) is 35.9 Å². The summed E-state index contributed by atoms with van der Waals surface area (Å²) in [5, 5.41) is 12.4. The fourth-order valence-electron chi connectivity index (χ4n) is 2.48. The number of pyridine rings is 1. The van der Waals surface area contributed by atoms with Gasteiger partial charge in [0.25, 0.3) is 5.91 Å². The first-order chi connectivity index (χ1) is 13.0. The maximum absolute atomic E-state index is 12.2. The second-order valence-corrected chi connectivity index (χ2v) is 6.08. The lowest BCUT2D eigenvalue weighted by Crippen LogP contribution is -2.27. The van der Waals surface area contributed by atoms with Crippen molar-refractivity contribution in [3.63, 3.8) is 0 Å². The molecule has 0 radical (unpaired) electrons. The number of amides is 1. The SMILES string of the molecule is O=C(O)/C(=C/c1cncc(-c2ccccc2Cl)c1)NC(=O)c1ccccc1. The topological polar surface area (TPSA) is 79.3 Å². The molecule has 0 fully saturated rings. The molecule has 0 unspecified atom stereocenters. The molecule has 5 nitrogen and oxygen atoms in total. The van der Waals surface area contributed by atoms with Gasteiger partial charge in [0.1, 0.15) is 5.70 Å². The lowest BCUT2D eigenvalue weighted by atomic mass is 10.1. The van der Waals surface area contributed by atoms with Crippen molar-refractivity contribution in [2.75, 3.05) is 0 Å². The zero-order chi connectivity index (χ0) is 19.2. The number of rotatable bonds is 5. The first-order valence-corrected chi connectivity index (χ1v) is 8.44. The highest BCUT2D eigenvalue weighted by atomic mass is 35.5. The number of carbonyl (C=O) groups is 2. The van der Waals surface area contributed by atoms with Gasteiger partial charge in [-0.15, -0.1) is 0 Å². The highest BCUT2D eigenvalue weighted by molar-refractivity contribution is 6.33. The molecule has 0 saturated carbocycles. The summed E-state index contributed by atoms with van der Waals surface area (Å²) < 4.78 is 0. The molecule has 0 aliphatic heterocycles. The molecule has 1 heterocycles. The van der Waals surface area contributed by atoms with Crippen LogP contribution in [-0.2, 0) is 4.79 Å². The van der Waals surface area contributed by atoms with E-state index in [1.54, 1.807) is 48.7 Å². The molecule has 0 aliphatic rings. The van der Waals surface area contributed by atoms with Crippen LogP contribution in [0.2, 0.25) is 5.02 Å². The van der Waals surface area contributed by atoms with Crippen LogP contribution >= 0.6 is 11.6 Å². The third-order valence-electron chi connectivity index (χ3n) is 3.77. The van der Waals surface area contributed by atoms with Crippen LogP contribution in [0.3, 0.4) is 0 Å². The molecule has 0 bridgehead atoms. The van der Waals surface area contributed by atoms with Gasteiger partial charge < -0.3 is 10.4 Å². The summed E-state index contributed by atoms with van der Waals surface area (Å²) in [6, 6.07) is 17.4. The summed E-state index contributed by atoms with van der Waals surface area (Å²) in [6.45, 7) is 0. The number of carboxylic acids is 1. The second-order valence-electron chi connectivity index (χ2n) is 5.67. The van der Waals surface area contributed by atoms with E-state index in [1.807, 2.05) is 18.2 Å². The Morgan fingerprint density at radius 2 is 1.70 bits per heavy atom. The second kappa shape index (κ2) is 8.29. The molecule has 1 aromatic heterocycles. The predicted molar refractivity (Wildman–Crippen MR) is 104 cm³/mol. The van der Waals surface area contributed by atoms with Gasteiger partial charge in [-0.3, -0.25) is 9.78 Å². The van der Waals surface area contributed by atoms with Crippen molar-refractivity contribution in [3.8, 4) is 11.1 Å². The van der Waals surface area contributed by atoms with E-state index in [1.165, 1.54) is 12.3 Å². The first-order valence-electron chi connectivity index (χ1n) is 8.06. The van der Waals surface area contributed by atoms with Crippen molar-refractivity contribution in [3.05, 3.63) is 94.9 Å². The standard InChI is InChI=1S/C21H15ClN2O3/c22-18-9-5-4-8-17(18)16-10-14(12-23-13-16)11-19(21(26)27)24-20(25)15-6-2-1-3-7-15/h1-13H,(H,24,25)(H,26,27)/b19-11-. The molecule has 2 aromatic carbocycles. The van der Waals surface area contributed by atoms with Gasteiger partial charge in [-0.2, -0.15) is 0 Å². The van der Waals surface area contributed by atoms with E-state index in [-0.39, 0.29) is 5.70 Å². The summed E-state index contributed by atoms with van der Waals surface area (Å²) in [5.41, 5.74) is 2.17.